The van der Waals surface area contributed by atoms with Gasteiger partial charge in [0.25, 0.3) is 5.69 Å². The van der Waals surface area contributed by atoms with Gasteiger partial charge in [-0.15, -0.1) is 0 Å². The lowest BCUT2D eigenvalue weighted by molar-refractivity contribution is -0.385. The van der Waals surface area contributed by atoms with Gasteiger partial charge >= 0.3 is 0 Å². The molecule has 0 N–H and O–H groups in total. The van der Waals surface area contributed by atoms with Crippen LogP contribution in [0.15, 0.2) is 90.6 Å². The highest BCUT2D eigenvalue weighted by Gasteiger charge is 2.41. The van der Waals surface area contributed by atoms with E-state index in [2.05, 4.69) is 6.58 Å². The zero-order valence-corrected chi connectivity index (χ0v) is 17.3. The van der Waals surface area contributed by atoms with Crippen LogP contribution in [0.3, 0.4) is 0 Å². The fourth-order valence-electron chi connectivity index (χ4n) is 4.10. The van der Waals surface area contributed by atoms with E-state index in [1.54, 1.807) is 18.2 Å². The Bertz CT molecular complexity index is 1190. The van der Waals surface area contributed by atoms with Crippen molar-refractivity contribution in [3.8, 4) is 11.5 Å². The van der Waals surface area contributed by atoms with E-state index in [-0.39, 0.29) is 16.7 Å². The smallest absolute Gasteiger partial charge is 0.270 e. The number of ether oxygens (including phenoxy) is 2. The van der Waals surface area contributed by atoms with Crippen LogP contribution in [0.5, 0.6) is 11.5 Å². The third-order valence-corrected chi connectivity index (χ3v) is 5.62. The number of rotatable bonds is 6. The molecule has 3 aromatic carbocycles. The molecule has 7 heteroatoms. The number of benzene rings is 3. The van der Waals surface area contributed by atoms with Gasteiger partial charge in [-0.1, -0.05) is 43.0 Å². The second kappa shape index (κ2) is 8.19. The summed E-state index contributed by atoms with van der Waals surface area (Å²) in [6, 6.07) is 22.2. The van der Waals surface area contributed by atoms with Gasteiger partial charge in [0.15, 0.2) is 0 Å². The zero-order valence-electron chi connectivity index (χ0n) is 17.3. The Morgan fingerprint density at radius 2 is 1.94 bits per heavy atom. The summed E-state index contributed by atoms with van der Waals surface area (Å²) in [5.74, 6) is 1.41. The molecular weight excluding hydrogens is 406 g/mol. The van der Waals surface area contributed by atoms with E-state index in [0.717, 1.165) is 28.2 Å². The van der Waals surface area contributed by atoms with E-state index in [1.165, 1.54) is 6.07 Å². The van der Waals surface area contributed by atoms with Crippen molar-refractivity contribution < 1.29 is 14.4 Å². The molecule has 0 fully saturated rings. The van der Waals surface area contributed by atoms with E-state index in [4.69, 9.17) is 14.6 Å². The molecule has 160 valence electrons. The number of hydrogen-bond acceptors (Lipinski definition) is 6. The predicted molar refractivity (Wildman–Crippen MR) is 121 cm³/mol. The average molecular weight is 427 g/mol. The van der Waals surface area contributed by atoms with Gasteiger partial charge < -0.3 is 9.47 Å². The van der Waals surface area contributed by atoms with Crippen LogP contribution >= 0.6 is 0 Å². The molecule has 0 bridgehead atoms. The van der Waals surface area contributed by atoms with Crippen LogP contribution in [0.2, 0.25) is 0 Å². The number of nitro groups is 1. The molecule has 7 nitrogen and oxygen atoms in total. The fraction of sp³-hybridized carbons (Fsp3) is 0.160. The number of hydrazone groups is 1. The molecular formula is C25H21N3O4. The van der Waals surface area contributed by atoms with E-state index < -0.39 is 6.23 Å². The molecule has 2 aliphatic heterocycles. The van der Waals surface area contributed by atoms with Crippen LogP contribution in [-0.2, 0) is 0 Å². The highest BCUT2D eigenvalue weighted by Crippen LogP contribution is 2.48. The van der Waals surface area contributed by atoms with Gasteiger partial charge in [0.05, 0.1) is 16.7 Å². The lowest BCUT2D eigenvalue weighted by Gasteiger charge is -2.38. The number of fused-ring (bicyclic) bond motifs is 3. The zero-order chi connectivity index (χ0) is 22.1. The van der Waals surface area contributed by atoms with Crippen LogP contribution < -0.4 is 9.47 Å². The minimum atomic E-state index is -0.414. The lowest BCUT2D eigenvalue weighted by Crippen LogP contribution is -2.33. The third-order valence-electron chi connectivity index (χ3n) is 5.62. The van der Waals surface area contributed by atoms with Crippen LogP contribution in [0.1, 0.15) is 35.4 Å². The minimum absolute atomic E-state index is 0.0441. The first kappa shape index (κ1) is 19.8. The summed E-state index contributed by atoms with van der Waals surface area (Å²) in [5, 5.41) is 18.2. The molecule has 0 aromatic heterocycles. The molecule has 0 saturated carbocycles. The van der Waals surface area contributed by atoms with Crippen LogP contribution in [-0.4, -0.2) is 22.3 Å². The van der Waals surface area contributed by atoms with E-state index in [1.807, 2.05) is 59.6 Å². The van der Waals surface area contributed by atoms with Gasteiger partial charge in [-0.2, -0.15) is 5.10 Å². The molecule has 2 aliphatic rings. The SMILES string of the molecule is C=CCOc1ccc(C2=NN3[C@@H](c4ccccc4)Oc4ccc([N+](=O)[O-])cc4[C@@H]3C2)cc1. The molecule has 0 saturated heterocycles. The Hall–Kier alpha value is -4.13. The van der Waals surface area contributed by atoms with Gasteiger partial charge in [0, 0.05) is 29.7 Å². The maximum absolute atomic E-state index is 11.4. The van der Waals surface area contributed by atoms with Gasteiger partial charge in [-0.3, -0.25) is 10.1 Å². The summed E-state index contributed by atoms with van der Waals surface area (Å²) >= 11 is 0. The van der Waals surface area contributed by atoms with Crippen molar-refractivity contribution in [3.63, 3.8) is 0 Å². The quantitative estimate of drug-likeness (QED) is 0.299. The standard InChI is InChI=1S/C25H21N3O4/c1-2-14-31-20-11-8-17(9-12-20)22-16-23-21-15-19(28(29)30)10-13-24(21)32-25(27(23)26-22)18-6-4-3-5-7-18/h2-13,15,23,25H,1,14,16H2/t23-,25+/m0/s1. The van der Waals surface area contributed by atoms with Crippen molar-refractivity contribution in [1.82, 2.24) is 5.01 Å². The van der Waals surface area contributed by atoms with Crippen molar-refractivity contribution in [2.45, 2.75) is 18.7 Å². The van der Waals surface area contributed by atoms with Crippen molar-refractivity contribution in [3.05, 3.63) is 112 Å². The van der Waals surface area contributed by atoms with Gasteiger partial charge in [0.2, 0.25) is 6.23 Å². The summed E-state index contributed by atoms with van der Waals surface area (Å²) in [7, 11) is 0. The van der Waals surface area contributed by atoms with E-state index >= 15 is 0 Å². The summed E-state index contributed by atoms with van der Waals surface area (Å²) in [6.07, 6.45) is 1.91. The van der Waals surface area contributed by atoms with Crippen LogP contribution in [0.4, 0.5) is 5.69 Å². The van der Waals surface area contributed by atoms with Crippen molar-refractivity contribution in [2.75, 3.05) is 6.61 Å². The van der Waals surface area contributed by atoms with Crippen molar-refractivity contribution in [1.29, 1.82) is 0 Å². The molecule has 0 radical (unpaired) electrons. The molecule has 0 spiro atoms. The summed E-state index contributed by atoms with van der Waals surface area (Å²) in [6.45, 7) is 4.11. The monoisotopic (exact) mass is 427 g/mol. The Morgan fingerprint density at radius 3 is 2.66 bits per heavy atom. The second-order valence-corrected chi connectivity index (χ2v) is 7.63. The van der Waals surface area contributed by atoms with Gasteiger partial charge in [-0.05, 0) is 35.9 Å². The summed E-state index contributed by atoms with van der Waals surface area (Å²) in [4.78, 5) is 11.0. The van der Waals surface area contributed by atoms with E-state index in [0.29, 0.717) is 18.8 Å². The largest absolute Gasteiger partial charge is 0.490 e. The third kappa shape index (κ3) is 3.58. The maximum Gasteiger partial charge on any atom is 0.270 e. The van der Waals surface area contributed by atoms with Crippen LogP contribution in [0.25, 0.3) is 0 Å². The molecule has 2 atom stereocenters. The Morgan fingerprint density at radius 1 is 1.16 bits per heavy atom. The molecule has 5 rings (SSSR count). The minimum Gasteiger partial charge on any atom is -0.490 e. The second-order valence-electron chi connectivity index (χ2n) is 7.63. The summed E-state index contributed by atoms with van der Waals surface area (Å²) in [5.41, 5.74) is 3.66. The first-order chi connectivity index (χ1) is 15.6. The highest BCUT2D eigenvalue weighted by molar-refractivity contribution is 6.02. The molecule has 0 unspecified atom stereocenters. The number of nitro benzene ring substituents is 1. The molecule has 3 aromatic rings. The fourth-order valence-corrected chi connectivity index (χ4v) is 4.10. The van der Waals surface area contributed by atoms with Gasteiger partial charge in [-0.25, -0.2) is 5.01 Å². The molecule has 0 amide bonds. The number of non-ortho nitro benzene ring substituents is 1. The van der Waals surface area contributed by atoms with Crippen molar-refractivity contribution >= 4 is 11.4 Å². The Labute approximate surface area is 185 Å². The van der Waals surface area contributed by atoms with Gasteiger partial charge in [0.1, 0.15) is 18.1 Å². The summed E-state index contributed by atoms with van der Waals surface area (Å²) < 4.78 is 11.9. The first-order valence-corrected chi connectivity index (χ1v) is 10.3. The Balaban J connectivity index is 1.52. The average Bonchev–Trinajstić information content (AvgIpc) is 3.28. The van der Waals surface area contributed by atoms with Crippen LogP contribution in [0, 0.1) is 10.1 Å². The maximum atomic E-state index is 11.4. The predicted octanol–water partition coefficient (Wildman–Crippen LogP) is 5.40. The van der Waals surface area contributed by atoms with E-state index in [9.17, 15) is 10.1 Å². The molecule has 32 heavy (non-hydrogen) atoms. The molecule has 2 heterocycles. The normalized spacial score (nSPS) is 18.8. The lowest BCUT2D eigenvalue weighted by atomic mass is 9.95. The Kier molecular flexibility index (Phi) is 5.07. The number of nitrogens with zero attached hydrogens (tertiary/aromatic N) is 3. The molecule has 0 aliphatic carbocycles. The van der Waals surface area contributed by atoms with Crippen molar-refractivity contribution in [2.24, 2.45) is 5.10 Å². The number of hydrogen-bond donors (Lipinski definition) is 0. The topological polar surface area (TPSA) is 77.2 Å². The highest BCUT2D eigenvalue weighted by atomic mass is 16.6. The first-order valence-electron chi connectivity index (χ1n) is 10.3.